The number of carbonyl (C=O) groups is 1. The lowest BCUT2D eigenvalue weighted by molar-refractivity contribution is -0.117. The molecule has 4 rings (SSSR count). The number of fused-ring (bicyclic) bond motifs is 1. The molecule has 154 valence electrons. The highest BCUT2D eigenvalue weighted by Crippen LogP contribution is 2.37. The molecule has 5 heteroatoms. The van der Waals surface area contributed by atoms with E-state index in [2.05, 4.69) is 42.3 Å². The highest BCUT2D eigenvalue weighted by Gasteiger charge is 2.28. The number of carbonyl (C=O) groups excluding carboxylic acids is 1. The molecule has 0 aromatic heterocycles. The molecular weight excluding hydrogens is 364 g/mol. The SMILES string of the molecule is CC(C)c1ccccc1NC(=O)CN1CCCC1c1ccc2c(c1)OCCCO2. The van der Waals surface area contributed by atoms with E-state index in [0.717, 1.165) is 43.0 Å². The predicted molar refractivity (Wildman–Crippen MR) is 115 cm³/mol. The third kappa shape index (κ3) is 4.56. The summed E-state index contributed by atoms with van der Waals surface area (Å²) in [6, 6.07) is 14.5. The van der Waals surface area contributed by atoms with Gasteiger partial charge in [0.25, 0.3) is 0 Å². The third-order valence-electron chi connectivity index (χ3n) is 5.72. The van der Waals surface area contributed by atoms with Crippen LogP contribution in [0.15, 0.2) is 42.5 Å². The minimum atomic E-state index is 0.0411. The Morgan fingerprint density at radius 2 is 1.90 bits per heavy atom. The van der Waals surface area contributed by atoms with Gasteiger partial charge in [-0.1, -0.05) is 38.1 Å². The molecule has 2 aliphatic heterocycles. The van der Waals surface area contributed by atoms with Crippen molar-refractivity contribution in [1.29, 1.82) is 0 Å². The fraction of sp³-hybridized carbons (Fsp3) is 0.458. The summed E-state index contributed by atoms with van der Waals surface area (Å²) in [6.45, 7) is 6.99. The molecule has 0 spiro atoms. The second kappa shape index (κ2) is 8.87. The normalized spacial score (nSPS) is 19.2. The monoisotopic (exact) mass is 394 g/mol. The molecule has 0 radical (unpaired) electrons. The van der Waals surface area contributed by atoms with Crippen molar-refractivity contribution in [2.75, 3.05) is 31.6 Å². The fourth-order valence-electron chi connectivity index (χ4n) is 4.27. The molecule has 0 aliphatic carbocycles. The molecular formula is C24H30N2O3. The highest BCUT2D eigenvalue weighted by atomic mass is 16.5. The average molecular weight is 395 g/mol. The van der Waals surface area contributed by atoms with Gasteiger partial charge >= 0.3 is 0 Å². The van der Waals surface area contributed by atoms with Crippen LogP contribution < -0.4 is 14.8 Å². The van der Waals surface area contributed by atoms with Gasteiger partial charge in [-0.25, -0.2) is 0 Å². The van der Waals surface area contributed by atoms with Gasteiger partial charge in [0.05, 0.1) is 19.8 Å². The standard InChI is InChI=1S/C24H30N2O3/c1-17(2)19-7-3-4-8-20(19)25-24(27)16-26-12-5-9-21(26)18-10-11-22-23(15-18)29-14-6-13-28-22/h3-4,7-8,10-11,15,17,21H,5-6,9,12-14,16H2,1-2H3,(H,25,27). The maximum Gasteiger partial charge on any atom is 0.238 e. The topological polar surface area (TPSA) is 50.8 Å². The predicted octanol–water partition coefficient (Wildman–Crippen LogP) is 4.75. The Morgan fingerprint density at radius 3 is 2.72 bits per heavy atom. The zero-order chi connectivity index (χ0) is 20.2. The molecule has 1 atom stereocenters. The van der Waals surface area contributed by atoms with E-state index in [4.69, 9.17) is 9.47 Å². The molecule has 0 saturated carbocycles. The first-order chi connectivity index (χ1) is 14.1. The smallest absolute Gasteiger partial charge is 0.238 e. The van der Waals surface area contributed by atoms with Gasteiger partial charge in [-0.05, 0) is 54.6 Å². The summed E-state index contributed by atoms with van der Waals surface area (Å²) in [4.78, 5) is 15.1. The lowest BCUT2D eigenvalue weighted by atomic mass is 10.0. The molecule has 1 amide bonds. The van der Waals surface area contributed by atoms with Crippen LogP contribution in [0.3, 0.4) is 0 Å². The van der Waals surface area contributed by atoms with Crippen molar-refractivity contribution < 1.29 is 14.3 Å². The van der Waals surface area contributed by atoms with Crippen molar-refractivity contribution in [3.8, 4) is 11.5 Å². The zero-order valence-electron chi connectivity index (χ0n) is 17.3. The van der Waals surface area contributed by atoms with Gasteiger partial charge in [-0.2, -0.15) is 0 Å². The van der Waals surface area contributed by atoms with Crippen molar-refractivity contribution >= 4 is 11.6 Å². The molecule has 2 aliphatic rings. The first-order valence-electron chi connectivity index (χ1n) is 10.6. The molecule has 2 heterocycles. The molecule has 5 nitrogen and oxygen atoms in total. The van der Waals surface area contributed by atoms with Crippen molar-refractivity contribution in [2.24, 2.45) is 0 Å². The number of hydrogen-bond donors (Lipinski definition) is 1. The van der Waals surface area contributed by atoms with Crippen LogP contribution in [0, 0.1) is 0 Å². The van der Waals surface area contributed by atoms with Crippen molar-refractivity contribution in [3.05, 3.63) is 53.6 Å². The van der Waals surface area contributed by atoms with Gasteiger partial charge in [0.15, 0.2) is 11.5 Å². The van der Waals surface area contributed by atoms with Crippen LogP contribution in [0.4, 0.5) is 5.69 Å². The number of nitrogens with zero attached hydrogens (tertiary/aromatic N) is 1. The van der Waals surface area contributed by atoms with Crippen LogP contribution in [-0.4, -0.2) is 37.1 Å². The zero-order valence-corrected chi connectivity index (χ0v) is 17.3. The maximum absolute atomic E-state index is 12.8. The first-order valence-corrected chi connectivity index (χ1v) is 10.6. The fourth-order valence-corrected chi connectivity index (χ4v) is 4.27. The summed E-state index contributed by atoms with van der Waals surface area (Å²) < 4.78 is 11.6. The van der Waals surface area contributed by atoms with Gasteiger partial charge in [0.2, 0.25) is 5.91 Å². The van der Waals surface area contributed by atoms with Crippen molar-refractivity contribution in [3.63, 3.8) is 0 Å². The van der Waals surface area contributed by atoms with E-state index in [9.17, 15) is 4.79 Å². The summed E-state index contributed by atoms with van der Waals surface area (Å²) in [7, 11) is 0. The minimum Gasteiger partial charge on any atom is -0.490 e. The highest BCUT2D eigenvalue weighted by molar-refractivity contribution is 5.93. The van der Waals surface area contributed by atoms with Crippen molar-refractivity contribution in [1.82, 2.24) is 4.90 Å². The number of para-hydroxylation sites is 1. The molecule has 1 fully saturated rings. The molecule has 1 unspecified atom stereocenters. The summed E-state index contributed by atoms with van der Waals surface area (Å²) in [5, 5.41) is 3.12. The number of nitrogens with one attached hydrogen (secondary N) is 1. The summed E-state index contributed by atoms with van der Waals surface area (Å²) in [5.74, 6) is 2.05. The number of amides is 1. The summed E-state index contributed by atoms with van der Waals surface area (Å²) in [6.07, 6.45) is 3.04. The van der Waals surface area contributed by atoms with Crippen LogP contribution in [-0.2, 0) is 4.79 Å². The summed E-state index contributed by atoms with van der Waals surface area (Å²) >= 11 is 0. The Labute approximate surface area is 173 Å². The van der Waals surface area contributed by atoms with Gasteiger partial charge in [-0.3, -0.25) is 9.69 Å². The van der Waals surface area contributed by atoms with Crippen LogP contribution >= 0.6 is 0 Å². The molecule has 2 aromatic carbocycles. The maximum atomic E-state index is 12.8. The van der Waals surface area contributed by atoms with Gasteiger partial charge in [0.1, 0.15) is 0 Å². The second-order valence-electron chi connectivity index (χ2n) is 8.18. The van der Waals surface area contributed by atoms with E-state index in [0.29, 0.717) is 25.7 Å². The minimum absolute atomic E-state index is 0.0411. The molecule has 2 aromatic rings. The molecule has 1 N–H and O–H groups in total. The number of anilines is 1. The largest absolute Gasteiger partial charge is 0.490 e. The summed E-state index contributed by atoms with van der Waals surface area (Å²) in [5.41, 5.74) is 3.28. The van der Waals surface area contributed by atoms with Crippen LogP contribution in [0.5, 0.6) is 11.5 Å². The van der Waals surface area contributed by atoms with E-state index in [1.54, 1.807) is 0 Å². The molecule has 0 bridgehead atoms. The Bertz CT molecular complexity index is 865. The van der Waals surface area contributed by atoms with E-state index in [-0.39, 0.29) is 11.9 Å². The second-order valence-corrected chi connectivity index (χ2v) is 8.18. The molecule has 1 saturated heterocycles. The number of benzene rings is 2. The van der Waals surface area contributed by atoms with Crippen LogP contribution in [0.2, 0.25) is 0 Å². The Balaban J connectivity index is 1.45. The van der Waals surface area contributed by atoms with E-state index < -0.39 is 0 Å². The Morgan fingerprint density at radius 1 is 1.10 bits per heavy atom. The average Bonchev–Trinajstić information content (AvgIpc) is 3.03. The van der Waals surface area contributed by atoms with Gasteiger partial charge in [0, 0.05) is 18.2 Å². The van der Waals surface area contributed by atoms with E-state index >= 15 is 0 Å². The molecule has 29 heavy (non-hydrogen) atoms. The first kappa shape index (κ1) is 19.8. The van der Waals surface area contributed by atoms with Gasteiger partial charge in [-0.15, -0.1) is 0 Å². The van der Waals surface area contributed by atoms with E-state index in [1.807, 2.05) is 24.3 Å². The number of ether oxygens (including phenoxy) is 2. The number of likely N-dealkylation sites (tertiary alicyclic amines) is 1. The van der Waals surface area contributed by atoms with E-state index in [1.165, 1.54) is 11.1 Å². The van der Waals surface area contributed by atoms with Crippen LogP contribution in [0.1, 0.15) is 56.2 Å². The third-order valence-corrected chi connectivity index (χ3v) is 5.72. The number of hydrogen-bond acceptors (Lipinski definition) is 4. The Hall–Kier alpha value is -2.53. The lowest BCUT2D eigenvalue weighted by Crippen LogP contribution is -2.33. The lowest BCUT2D eigenvalue weighted by Gasteiger charge is -2.25. The quantitative estimate of drug-likeness (QED) is 0.795. The van der Waals surface area contributed by atoms with Gasteiger partial charge < -0.3 is 14.8 Å². The Kier molecular flexibility index (Phi) is 6.05. The van der Waals surface area contributed by atoms with Crippen LogP contribution in [0.25, 0.3) is 0 Å². The van der Waals surface area contributed by atoms with Crippen molar-refractivity contribution in [2.45, 2.75) is 45.1 Å². The number of rotatable bonds is 5.